The molecule has 1 aromatic rings. The van der Waals surface area contributed by atoms with E-state index >= 15 is 0 Å². The normalized spacial score (nSPS) is 10.3. The Bertz CT molecular complexity index is 453. The van der Waals surface area contributed by atoms with Gasteiger partial charge < -0.3 is 14.8 Å². The van der Waals surface area contributed by atoms with Gasteiger partial charge >= 0.3 is 5.69 Å². The van der Waals surface area contributed by atoms with Crippen molar-refractivity contribution in [2.24, 2.45) is 0 Å². The van der Waals surface area contributed by atoms with Crippen LogP contribution in [-0.4, -0.2) is 41.8 Å². The van der Waals surface area contributed by atoms with Crippen molar-refractivity contribution in [3.63, 3.8) is 0 Å². The van der Waals surface area contributed by atoms with Crippen molar-refractivity contribution >= 4 is 11.5 Å². The smallest absolute Gasteiger partial charge is 0.372 e. The van der Waals surface area contributed by atoms with Gasteiger partial charge in [-0.15, -0.1) is 0 Å². The van der Waals surface area contributed by atoms with Gasteiger partial charge in [0, 0.05) is 20.1 Å². The fraction of sp³-hybridized carbons (Fsp3) is 0.667. The number of nitrogens with zero attached hydrogens (tertiary/aromatic N) is 3. The molecule has 0 bridgehead atoms. The molecule has 20 heavy (non-hydrogen) atoms. The predicted molar refractivity (Wildman–Crippen MR) is 74.2 cm³/mol. The second kappa shape index (κ2) is 8.26. The number of anilines is 1. The molecule has 0 unspecified atom stereocenters. The fourth-order valence-electron chi connectivity index (χ4n) is 1.50. The number of methoxy groups -OCH3 is 1. The van der Waals surface area contributed by atoms with Crippen molar-refractivity contribution in [3.05, 3.63) is 15.9 Å². The number of nitro groups is 1. The lowest BCUT2D eigenvalue weighted by Gasteiger charge is -2.10. The molecule has 0 fully saturated rings. The van der Waals surface area contributed by atoms with Crippen LogP contribution in [0.2, 0.25) is 0 Å². The van der Waals surface area contributed by atoms with Gasteiger partial charge in [0.15, 0.2) is 0 Å². The van der Waals surface area contributed by atoms with Crippen LogP contribution in [0.15, 0.2) is 0 Å². The van der Waals surface area contributed by atoms with Crippen molar-refractivity contribution in [2.45, 2.75) is 26.7 Å². The third kappa shape index (κ3) is 4.30. The minimum Gasteiger partial charge on any atom is -0.473 e. The van der Waals surface area contributed by atoms with Crippen molar-refractivity contribution in [3.8, 4) is 5.88 Å². The zero-order valence-electron chi connectivity index (χ0n) is 12.0. The minimum absolute atomic E-state index is 0.0172. The Morgan fingerprint density at radius 3 is 2.60 bits per heavy atom. The zero-order chi connectivity index (χ0) is 15.0. The summed E-state index contributed by atoms with van der Waals surface area (Å²) in [5, 5.41) is 14.1. The third-order valence-corrected chi connectivity index (χ3v) is 2.44. The van der Waals surface area contributed by atoms with E-state index in [0.717, 1.165) is 6.42 Å². The highest BCUT2D eigenvalue weighted by atomic mass is 16.6. The average molecular weight is 284 g/mol. The van der Waals surface area contributed by atoms with E-state index in [1.807, 2.05) is 13.8 Å². The monoisotopic (exact) mass is 284 g/mol. The number of rotatable bonds is 9. The molecule has 0 saturated heterocycles. The summed E-state index contributed by atoms with van der Waals surface area (Å²) in [6.45, 7) is 5.02. The molecule has 112 valence electrons. The van der Waals surface area contributed by atoms with Gasteiger partial charge in [0.1, 0.15) is 5.82 Å². The molecule has 0 saturated carbocycles. The van der Waals surface area contributed by atoms with E-state index < -0.39 is 4.92 Å². The van der Waals surface area contributed by atoms with Crippen LogP contribution in [0.3, 0.4) is 0 Å². The molecule has 0 atom stereocenters. The van der Waals surface area contributed by atoms with Gasteiger partial charge in [-0.3, -0.25) is 10.1 Å². The molecular formula is C12H20N4O4. The van der Waals surface area contributed by atoms with E-state index in [0.29, 0.717) is 32.0 Å². The Morgan fingerprint density at radius 1 is 1.30 bits per heavy atom. The molecule has 0 aliphatic carbocycles. The first-order valence-corrected chi connectivity index (χ1v) is 6.54. The van der Waals surface area contributed by atoms with Gasteiger partial charge in [-0.2, -0.15) is 4.98 Å². The Morgan fingerprint density at radius 2 is 2.05 bits per heavy atom. The molecule has 1 rings (SSSR count). The summed E-state index contributed by atoms with van der Waals surface area (Å²) in [5.74, 6) is 0.690. The van der Waals surface area contributed by atoms with Crippen LogP contribution in [0, 0.1) is 10.1 Å². The molecule has 0 amide bonds. The van der Waals surface area contributed by atoms with Crippen LogP contribution in [0.25, 0.3) is 0 Å². The SMILES string of the molecule is CCCOc1nc(CC)nc(NCCOC)c1[N+](=O)[O-]. The summed E-state index contributed by atoms with van der Waals surface area (Å²) in [6.07, 6.45) is 1.31. The second-order valence-electron chi connectivity index (χ2n) is 4.02. The highest BCUT2D eigenvalue weighted by Gasteiger charge is 2.25. The highest BCUT2D eigenvalue weighted by Crippen LogP contribution is 2.32. The van der Waals surface area contributed by atoms with Gasteiger partial charge in [0.2, 0.25) is 5.82 Å². The number of aryl methyl sites for hydroxylation is 1. The van der Waals surface area contributed by atoms with Crippen LogP contribution in [-0.2, 0) is 11.2 Å². The number of aromatic nitrogens is 2. The Balaban J connectivity index is 3.12. The number of nitrogens with one attached hydrogen (secondary N) is 1. The van der Waals surface area contributed by atoms with E-state index in [-0.39, 0.29) is 17.4 Å². The van der Waals surface area contributed by atoms with E-state index in [4.69, 9.17) is 9.47 Å². The topological polar surface area (TPSA) is 99.4 Å². The number of hydrogen-bond acceptors (Lipinski definition) is 7. The Kier molecular flexibility index (Phi) is 6.65. The lowest BCUT2D eigenvalue weighted by atomic mass is 10.4. The average Bonchev–Trinajstić information content (AvgIpc) is 2.44. The molecule has 1 aromatic heterocycles. The molecule has 8 nitrogen and oxygen atoms in total. The molecule has 1 N–H and O–H groups in total. The molecule has 0 aliphatic rings. The van der Waals surface area contributed by atoms with E-state index in [1.54, 1.807) is 7.11 Å². The molecule has 0 spiro atoms. The lowest BCUT2D eigenvalue weighted by molar-refractivity contribution is -0.385. The van der Waals surface area contributed by atoms with E-state index in [2.05, 4.69) is 15.3 Å². The highest BCUT2D eigenvalue weighted by molar-refractivity contribution is 5.61. The van der Waals surface area contributed by atoms with Crippen LogP contribution in [0.1, 0.15) is 26.1 Å². The van der Waals surface area contributed by atoms with E-state index in [9.17, 15) is 10.1 Å². The van der Waals surface area contributed by atoms with Crippen LogP contribution < -0.4 is 10.1 Å². The van der Waals surface area contributed by atoms with Crippen LogP contribution in [0.4, 0.5) is 11.5 Å². The van der Waals surface area contributed by atoms with Gasteiger partial charge in [-0.05, 0) is 6.42 Å². The molecule has 8 heteroatoms. The first-order valence-electron chi connectivity index (χ1n) is 6.54. The van der Waals surface area contributed by atoms with Crippen molar-refractivity contribution in [1.29, 1.82) is 0 Å². The van der Waals surface area contributed by atoms with Crippen molar-refractivity contribution in [2.75, 3.05) is 32.2 Å². The van der Waals surface area contributed by atoms with E-state index in [1.165, 1.54) is 0 Å². The Labute approximate surface area is 117 Å². The molecule has 0 aliphatic heterocycles. The maximum Gasteiger partial charge on any atom is 0.372 e. The maximum absolute atomic E-state index is 11.2. The summed E-state index contributed by atoms with van der Waals surface area (Å²) in [6, 6.07) is 0. The van der Waals surface area contributed by atoms with Crippen molar-refractivity contribution < 1.29 is 14.4 Å². The lowest BCUT2D eigenvalue weighted by Crippen LogP contribution is -2.14. The molecule has 1 heterocycles. The van der Waals surface area contributed by atoms with Gasteiger partial charge in [-0.25, -0.2) is 4.98 Å². The molecular weight excluding hydrogens is 264 g/mol. The zero-order valence-corrected chi connectivity index (χ0v) is 12.0. The number of ether oxygens (including phenoxy) is 2. The predicted octanol–water partition coefficient (Wildman–Crippen LogP) is 1.79. The van der Waals surface area contributed by atoms with Crippen LogP contribution >= 0.6 is 0 Å². The number of hydrogen-bond donors (Lipinski definition) is 1. The summed E-state index contributed by atoms with van der Waals surface area (Å²) in [5.41, 5.74) is -0.230. The standard InChI is InChI=1S/C12H20N4O4/c1-4-7-20-12-10(16(17)18)11(13-6-8-19-3)14-9(5-2)15-12/h4-8H2,1-3H3,(H,13,14,15). The molecule has 0 radical (unpaired) electrons. The largest absolute Gasteiger partial charge is 0.473 e. The van der Waals surface area contributed by atoms with Gasteiger partial charge in [-0.1, -0.05) is 13.8 Å². The Hall–Kier alpha value is -1.96. The quantitative estimate of drug-likeness (QED) is 0.419. The summed E-state index contributed by atoms with van der Waals surface area (Å²) >= 11 is 0. The van der Waals surface area contributed by atoms with Gasteiger partial charge in [0.25, 0.3) is 5.88 Å². The fourth-order valence-corrected chi connectivity index (χ4v) is 1.50. The summed E-state index contributed by atoms with van der Waals surface area (Å²) in [7, 11) is 1.56. The van der Waals surface area contributed by atoms with Crippen molar-refractivity contribution in [1.82, 2.24) is 9.97 Å². The third-order valence-electron chi connectivity index (χ3n) is 2.44. The minimum atomic E-state index is -0.528. The maximum atomic E-state index is 11.2. The van der Waals surface area contributed by atoms with Crippen LogP contribution in [0.5, 0.6) is 5.88 Å². The summed E-state index contributed by atoms with van der Waals surface area (Å²) in [4.78, 5) is 18.9. The first-order chi connectivity index (χ1) is 9.63. The first kappa shape index (κ1) is 16.1. The molecule has 0 aromatic carbocycles. The second-order valence-corrected chi connectivity index (χ2v) is 4.02. The summed E-state index contributed by atoms with van der Waals surface area (Å²) < 4.78 is 10.3. The van der Waals surface area contributed by atoms with Gasteiger partial charge in [0.05, 0.1) is 18.1 Å².